The Bertz CT molecular complexity index is 491. The summed E-state index contributed by atoms with van der Waals surface area (Å²) in [6, 6.07) is 1.97. The monoisotopic (exact) mass is 281 g/mol. The molecule has 1 amide bonds. The van der Waals surface area contributed by atoms with Gasteiger partial charge in [0.25, 0.3) is 5.91 Å². The third-order valence-electron chi connectivity index (χ3n) is 3.42. The van der Waals surface area contributed by atoms with E-state index >= 15 is 0 Å². The number of amides is 1. The predicted molar refractivity (Wildman–Crippen MR) is 74.6 cm³/mol. The normalized spacial score (nSPS) is 16.1. The Morgan fingerprint density at radius 2 is 2.16 bits per heavy atom. The summed E-state index contributed by atoms with van der Waals surface area (Å²) in [5, 5.41) is 11.9. The fraction of sp³-hybridized carbons (Fsp3) is 0.571. The third-order valence-corrected chi connectivity index (χ3v) is 4.57. The molecule has 1 saturated carbocycles. The molecule has 1 aromatic heterocycles. The van der Waals surface area contributed by atoms with Gasteiger partial charge in [-0.3, -0.25) is 9.59 Å². The van der Waals surface area contributed by atoms with Crippen molar-refractivity contribution < 1.29 is 14.7 Å². The molecule has 1 unspecified atom stereocenters. The SMILES string of the molecule is Cc1cc(C)c(C(=O)NCC(CC2CC2)C(=O)O)s1. The first-order valence-corrected chi connectivity index (χ1v) is 7.37. The topological polar surface area (TPSA) is 66.4 Å². The molecule has 104 valence electrons. The lowest BCUT2D eigenvalue weighted by molar-refractivity contribution is -0.141. The number of carboxylic acid groups (broad SMARTS) is 1. The molecule has 1 atom stereocenters. The number of rotatable bonds is 6. The number of hydrogen-bond acceptors (Lipinski definition) is 3. The van der Waals surface area contributed by atoms with Crippen LogP contribution in [0.4, 0.5) is 0 Å². The van der Waals surface area contributed by atoms with Crippen LogP contribution < -0.4 is 5.32 Å². The maximum Gasteiger partial charge on any atom is 0.308 e. The number of carboxylic acids is 1. The average molecular weight is 281 g/mol. The molecule has 0 aromatic carbocycles. The van der Waals surface area contributed by atoms with Gasteiger partial charge in [-0.05, 0) is 37.8 Å². The Hall–Kier alpha value is -1.36. The van der Waals surface area contributed by atoms with Crippen LogP contribution in [0.5, 0.6) is 0 Å². The lowest BCUT2D eigenvalue weighted by Crippen LogP contribution is -2.33. The van der Waals surface area contributed by atoms with Gasteiger partial charge in [-0.1, -0.05) is 12.8 Å². The Morgan fingerprint density at radius 1 is 1.47 bits per heavy atom. The minimum Gasteiger partial charge on any atom is -0.481 e. The summed E-state index contributed by atoms with van der Waals surface area (Å²) in [6.07, 6.45) is 2.93. The molecule has 2 rings (SSSR count). The van der Waals surface area contributed by atoms with Gasteiger partial charge in [-0.15, -0.1) is 11.3 Å². The molecule has 0 saturated heterocycles. The van der Waals surface area contributed by atoms with Crippen molar-refractivity contribution in [2.24, 2.45) is 11.8 Å². The maximum absolute atomic E-state index is 12.0. The molecular formula is C14H19NO3S. The first kappa shape index (κ1) is 14.1. The number of nitrogens with one attached hydrogen (secondary N) is 1. The summed E-state index contributed by atoms with van der Waals surface area (Å²) in [4.78, 5) is 24.9. The van der Waals surface area contributed by atoms with Crippen molar-refractivity contribution in [3.63, 3.8) is 0 Å². The van der Waals surface area contributed by atoms with Gasteiger partial charge in [0.2, 0.25) is 0 Å². The first-order valence-electron chi connectivity index (χ1n) is 6.55. The zero-order chi connectivity index (χ0) is 14.0. The second kappa shape index (κ2) is 5.74. The molecule has 1 fully saturated rings. The first-order chi connectivity index (χ1) is 8.97. The van der Waals surface area contributed by atoms with Crippen LogP contribution in [0, 0.1) is 25.7 Å². The van der Waals surface area contributed by atoms with Gasteiger partial charge < -0.3 is 10.4 Å². The zero-order valence-corrected chi connectivity index (χ0v) is 12.0. The highest BCUT2D eigenvalue weighted by Crippen LogP contribution is 2.35. The molecule has 0 bridgehead atoms. The van der Waals surface area contributed by atoms with Gasteiger partial charge in [-0.2, -0.15) is 0 Å². The summed E-state index contributed by atoms with van der Waals surface area (Å²) in [5.74, 6) is -0.884. The minimum atomic E-state index is -0.814. The fourth-order valence-electron chi connectivity index (χ4n) is 2.19. The lowest BCUT2D eigenvalue weighted by atomic mass is 10.0. The average Bonchev–Trinajstić information content (AvgIpc) is 3.08. The molecule has 1 heterocycles. The van der Waals surface area contributed by atoms with Crippen molar-refractivity contribution in [2.45, 2.75) is 33.1 Å². The smallest absolute Gasteiger partial charge is 0.308 e. The van der Waals surface area contributed by atoms with E-state index in [0.717, 1.165) is 23.3 Å². The van der Waals surface area contributed by atoms with Crippen LogP contribution in [0.1, 0.15) is 39.4 Å². The number of hydrogen-bond donors (Lipinski definition) is 2. The van der Waals surface area contributed by atoms with E-state index in [1.807, 2.05) is 19.9 Å². The van der Waals surface area contributed by atoms with Crippen LogP contribution in [0.3, 0.4) is 0 Å². The van der Waals surface area contributed by atoms with Gasteiger partial charge in [0.15, 0.2) is 0 Å². The van der Waals surface area contributed by atoms with Crippen molar-refractivity contribution in [1.82, 2.24) is 5.32 Å². The van der Waals surface area contributed by atoms with Gasteiger partial charge in [0, 0.05) is 11.4 Å². The van der Waals surface area contributed by atoms with E-state index in [9.17, 15) is 9.59 Å². The number of aryl methyl sites for hydroxylation is 2. The number of thiophene rings is 1. The van der Waals surface area contributed by atoms with E-state index in [1.165, 1.54) is 11.3 Å². The molecule has 1 aliphatic carbocycles. The molecule has 4 nitrogen and oxygen atoms in total. The molecule has 0 radical (unpaired) electrons. The van der Waals surface area contributed by atoms with E-state index in [1.54, 1.807) is 0 Å². The molecule has 5 heteroatoms. The van der Waals surface area contributed by atoms with E-state index in [0.29, 0.717) is 17.2 Å². The standard InChI is InChI=1S/C14H19NO3S/c1-8-5-9(2)19-12(8)13(16)15-7-11(14(17)18)6-10-3-4-10/h5,10-11H,3-4,6-7H2,1-2H3,(H,15,16)(H,17,18). The van der Waals surface area contributed by atoms with Crippen LogP contribution in [-0.4, -0.2) is 23.5 Å². The highest BCUT2D eigenvalue weighted by atomic mass is 32.1. The Kier molecular flexibility index (Phi) is 4.24. The molecule has 19 heavy (non-hydrogen) atoms. The highest BCUT2D eigenvalue weighted by Gasteiger charge is 2.29. The van der Waals surface area contributed by atoms with Crippen molar-refractivity contribution in [2.75, 3.05) is 6.54 Å². The second-order valence-electron chi connectivity index (χ2n) is 5.29. The highest BCUT2D eigenvalue weighted by molar-refractivity contribution is 7.14. The Labute approximate surface area is 116 Å². The summed E-state index contributed by atoms with van der Waals surface area (Å²) >= 11 is 1.45. The summed E-state index contributed by atoms with van der Waals surface area (Å²) < 4.78 is 0. The maximum atomic E-state index is 12.0. The van der Waals surface area contributed by atoms with Crippen LogP contribution in [0.15, 0.2) is 6.07 Å². The van der Waals surface area contributed by atoms with Gasteiger partial charge in [0.05, 0.1) is 10.8 Å². The summed E-state index contributed by atoms with van der Waals surface area (Å²) in [5.41, 5.74) is 0.953. The minimum absolute atomic E-state index is 0.155. The number of carbonyl (C=O) groups excluding carboxylic acids is 1. The van der Waals surface area contributed by atoms with Gasteiger partial charge in [-0.25, -0.2) is 0 Å². The number of aliphatic carboxylic acids is 1. The largest absolute Gasteiger partial charge is 0.481 e. The Balaban J connectivity index is 1.90. The predicted octanol–water partition coefficient (Wildman–Crippen LogP) is 2.60. The molecular weight excluding hydrogens is 262 g/mol. The van der Waals surface area contributed by atoms with Crippen LogP contribution in [-0.2, 0) is 4.79 Å². The molecule has 1 aromatic rings. The van der Waals surface area contributed by atoms with E-state index < -0.39 is 11.9 Å². The van der Waals surface area contributed by atoms with Crippen molar-refractivity contribution in [1.29, 1.82) is 0 Å². The zero-order valence-electron chi connectivity index (χ0n) is 11.2. The molecule has 0 spiro atoms. The fourth-order valence-corrected chi connectivity index (χ4v) is 3.13. The van der Waals surface area contributed by atoms with E-state index in [2.05, 4.69) is 5.32 Å². The number of carbonyl (C=O) groups is 2. The third kappa shape index (κ3) is 3.80. The molecule has 1 aliphatic rings. The second-order valence-corrected chi connectivity index (χ2v) is 6.55. The van der Waals surface area contributed by atoms with Crippen molar-refractivity contribution in [3.8, 4) is 0 Å². The van der Waals surface area contributed by atoms with E-state index in [4.69, 9.17) is 5.11 Å². The van der Waals surface area contributed by atoms with Crippen molar-refractivity contribution >= 4 is 23.2 Å². The van der Waals surface area contributed by atoms with Crippen LogP contribution in [0.25, 0.3) is 0 Å². The molecule has 2 N–H and O–H groups in total. The lowest BCUT2D eigenvalue weighted by Gasteiger charge is -2.12. The molecule has 0 aliphatic heterocycles. The van der Waals surface area contributed by atoms with Gasteiger partial charge >= 0.3 is 5.97 Å². The van der Waals surface area contributed by atoms with Crippen LogP contribution >= 0.6 is 11.3 Å². The quantitative estimate of drug-likeness (QED) is 0.842. The Morgan fingerprint density at radius 3 is 2.63 bits per heavy atom. The summed E-state index contributed by atoms with van der Waals surface area (Å²) in [6.45, 7) is 4.08. The van der Waals surface area contributed by atoms with Crippen molar-refractivity contribution in [3.05, 3.63) is 21.4 Å². The van der Waals surface area contributed by atoms with Crippen LogP contribution in [0.2, 0.25) is 0 Å². The summed E-state index contributed by atoms with van der Waals surface area (Å²) in [7, 11) is 0. The van der Waals surface area contributed by atoms with E-state index in [-0.39, 0.29) is 12.5 Å². The van der Waals surface area contributed by atoms with Gasteiger partial charge in [0.1, 0.15) is 0 Å².